The molecule has 0 spiro atoms. The van der Waals surface area contributed by atoms with Crippen LogP contribution in [0, 0.1) is 5.82 Å². The quantitative estimate of drug-likeness (QED) is 0.475. The van der Waals surface area contributed by atoms with Crippen LogP contribution in [-0.4, -0.2) is 18.7 Å². The van der Waals surface area contributed by atoms with E-state index in [2.05, 4.69) is 0 Å². The Labute approximate surface area is 138 Å². The molecule has 0 N–H and O–H groups in total. The van der Waals surface area contributed by atoms with Crippen LogP contribution in [0.1, 0.15) is 17.5 Å². The second-order valence-corrected chi connectivity index (χ2v) is 5.57. The molecule has 1 heterocycles. The minimum absolute atomic E-state index is 0.341. The average Bonchev–Trinajstić information content (AvgIpc) is 2.48. The molecule has 1 fully saturated rings. The van der Waals surface area contributed by atoms with Crippen molar-refractivity contribution in [3.05, 3.63) is 70.5 Å². The van der Waals surface area contributed by atoms with E-state index in [9.17, 15) is 9.18 Å². The summed E-state index contributed by atoms with van der Waals surface area (Å²) < 4.78 is 23.7. The van der Waals surface area contributed by atoms with Gasteiger partial charge in [0.05, 0.1) is 6.61 Å². The fourth-order valence-corrected chi connectivity index (χ4v) is 2.22. The monoisotopic (exact) mass is 332 g/mol. The van der Waals surface area contributed by atoms with Crippen LogP contribution in [0.15, 0.2) is 48.5 Å². The van der Waals surface area contributed by atoms with Gasteiger partial charge in [0, 0.05) is 17.0 Å². The van der Waals surface area contributed by atoms with Crippen molar-refractivity contribution in [1.29, 1.82) is 0 Å². The molecule has 2 aromatic carbocycles. The highest BCUT2D eigenvalue weighted by Crippen LogP contribution is 2.24. The van der Waals surface area contributed by atoms with E-state index in [1.54, 1.807) is 42.5 Å². The molecule has 0 aromatic heterocycles. The van der Waals surface area contributed by atoms with Gasteiger partial charge in [0.2, 0.25) is 0 Å². The molecular formula is C18H14ClFO3. The SMILES string of the molecule is O=C(O/C(=C/c1ccc(Cl)cc1)c1ccc(F)cc1)C1CCO1. The van der Waals surface area contributed by atoms with Crippen molar-refractivity contribution in [2.45, 2.75) is 12.5 Å². The highest BCUT2D eigenvalue weighted by atomic mass is 35.5. The van der Waals surface area contributed by atoms with Crippen molar-refractivity contribution in [2.75, 3.05) is 6.61 Å². The van der Waals surface area contributed by atoms with Crippen molar-refractivity contribution >= 4 is 29.4 Å². The minimum Gasteiger partial charge on any atom is -0.424 e. The minimum atomic E-state index is -0.524. The second-order valence-electron chi connectivity index (χ2n) is 5.14. The first-order valence-corrected chi connectivity index (χ1v) is 7.56. The number of halogens is 2. The third-order valence-corrected chi connectivity index (χ3v) is 3.72. The smallest absolute Gasteiger partial charge is 0.340 e. The van der Waals surface area contributed by atoms with Crippen LogP contribution in [0.3, 0.4) is 0 Å². The van der Waals surface area contributed by atoms with Crippen LogP contribution in [0.2, 0.25) is 5.02 Å². The van der Waals surface area contributed by atoms with Gasteiger partial charge in [-0.15, -0.1) is 0 Å². The molecule has 3 nitrogen and oxygen atoms in total. The Bertz CT molecular complexity index is 719. The number of benzene rings is 2. The summed E-state index contributed by atoms with van der Waals surface area (Å²) in [5, 5.41) is 0.616. The summed E-state index contributed by atoms with van der Waals surface area (Å²) >= 11 is 5.87. The molecule has 0 aliphatic carbocycles. The molecule has 1 atom stereocenters. The summed E-state index contributed by atoms with van der Waals surface area (Å²) in [5.74, 6) is -0.457. The maximum Gasteiger partial charge on any atom is 0.340 e. The Morgan fingerprint density at radius 2 is 1.83 bits per heavy atom. The fraction of sp³-hybridized carbons (Fsp3) is 0.167. The first-order chi connectivity index (χ1) is 11.1. The summed E-state index contributed by atoms with van der Waals surface area (Å²) in [7, 11) is 0. The van der Waals surface area contributed by atoms with Crippen LogP contribution in [-0.2, 0) is 14.3 Å². The first-order valence-electron chi connectivity index (χ1n) is 7.18. The summed E-state index contributed by atoms with van der Waals surface area (Å²) in [4.78, 5) is 12.0. The van der Waals surface area contributed by atoms with Crippen molar-refractivity contribution in [2.24, 2.45) is 0 Å². The normalized spacial score (nSPS) is 17.5. The molecule has 118 valence electrons. The Hall–Kier alpha value is -2.17. The van der Waals surface area contributed by atoms with Gasteiger partial charge in [-0.1, -0.05) is 23.7 Å². The van der Waals surface area contributed by atoms with Gasteiger partial charge >= 0.3 is 5.97 Å². The zero-order valence-corrected chi connectivity index (χ0v) is 12.9. The maximum atomic E-state index is 13.1. The predicted octanol–water partition coefficient (Wildman–Crippen LogP) is 4.31. The molecule has 23 heavy (non-hydrogen) atoms. The van der Waals surface area contributed by atoms with Gasteiger partial charge in [0.15, 0.2) is 6.10 Å². The summed E-state index contributed by atoms with van der Waals surface area (Å²) in [6.07, 6.45) is 1.83. The van der Waals surface area contributed by atoms with E-state index in [4.69, 9.17) is 21.1 Å². The van der Waals surface area contributed by atoms with Gasteiger partial charge in [0.25, 0.3) is 0 Å². The predicted molar refractivity (Wildman–Crippen MR) is 86.2 cm³/mol. The van der Waals surface area contributed by atoms with E-state index in [-0.39, 0.29) is 5.82 Å². The first kappa shape index (κ1) is 15.7. The highest BCUT2D eigenvalue weighted by Gasteiger charge is 2.29. The van der Waals surface area contributed by atoms with E-state index < -0.39 is 12.1 Å². The maximum absolute atomic E-state index is 13.1. The molecular weight excluding hydrogens is 319 g/mol. The Morgan fingerprint density at radius 1 is 1.17 bits per heavy atom. The number of carbonyl (C=O) groups excluding carboxylic acids is 1. The lowest BCUT2D eigenvalue weighted by molar-refractivity contribution is -0.162. The van der Waals surface area contributed by atoms with Crippen LogP contribution in [0.5, 0.6) is 0 Å². The molecule has 1 unspecified atom stereocenters. The van der Waals surface area contributed by atoms with Crippen LogP contribution in [0.4, 0.5) is 4.39 Å². The number of ether oxygens (including phenoxy) is 2. The van der Waals surface area contributed by atoms with E-state index in [1.807, 2.05) is 0 Å². The van der Waals surface area contributed by atoms with Crippen molar-refractivity contribution in [3.63, 3.8) is 0 Å². The van der Waals surface area contributed by atoms with Crippen molar-refractivity contribution in [1.82, 2.24) is 0 Å². The fourth-order valence-electron chi connectivity index (χ4n) is 2.09. The number of carbonyl (C=O) groups is 1. The average molecular weight is 333 g/mol. The molecule has 1 aliphatic rings. The largest absolute Gasteiger partial charge is 0.424 e. The van der Waals surface area contributed by atoms with E-state index in [1.165, 1.54) is 12.1 Å². The number of rotatable bonds is 4. The third-order valence-electron chi connectivity index (χ3n) is 3.47. The highest BCUT2D eigenvalue weighted by molar-refractivity contribution is 6.30. The molecule has 2 aromatic rings. The summed E-state index contributed by atoms with van der Waals surface area (Å²) in [5.41, 5.74) is 1.42. The Kier molecular flexibility index (Phi) is 4.74. The molecule has 3 rings (SSSR count). The van der Waals surface area contributed by atoms with Gasteiger partial charge in [-0.2, -0.15) is 0 Å². The van der Waals surface area contributed by atoms with Crippen LogP contribution >= 0.6 is 11.6 Å². The lowest BCUT2D eigenvalue weighted by Crippen LogP contribution is -2.36. The zero-order chi connectivity index (χ0) is 16.2. The van der Waals surface area contributed by atoms with E-state index in [0.717, 1.165) is 5.56 Å². The standard InChI is InChI=1S/C18H14ClFO3/c19-14-5-1-12(2-6-14)11-17(13-3-7-15(20)8-4-13)23-18(21)16-9-10-22-16/h1-8,11,16H,9-10H2/b17-11+. The lowest BCUT2D eigenvalue weighted by Gasteiger charge is -2.24. The van der Waals surface area contributed by atoms with E-state index in [0.29, 0.717) is 29.4 Å². The van der Waals surface area contributed by atoms with E-state index >= 15 is 0 Å². The van der Waals surface area contributed by atoms with Crippen LogP contribution in [0.25, 0.3) is 11.8 Å². The molecule has 1 aliphatic heterocycles. The Morgan fingerprint density at radius 3 is 2.39 bits per heavy atom. The van der Waals surface area contributed by atoms with Gasteiger partial charge in [0.1, 0.15) is 11.6 Å². The molecule has 0 amide bonds. The van der Waals surface area contributed by atoms with Gasteiger partial charge < -0.3 is 9.47 Å². The summed E-state index contributed by atoms with van der Waals surface area (Å²) in [6.45, 7) is 0.562. The van der Waals surface area contributed by atoms with Gasteiger partial charge in [-0.25, -0.2) is 9.18 Å². The van der Waals surface area contributed by atoms with Crippen molar-refractivity contribution < 1.29 is 18.7 Å². The number of esters is 1. The number of hydrogen-bond donors (Lipinski definition) is 0. The topological polar surface area (TPSA) is 35.5 Å². The number of hydrogen-bond acceptors (Lipinski definition) is 3. The molecule has 0 radical (unpaired) electrons. The molecule has 5 heteroatoms. The summed E-state index contributed by atoms with van der Waals surface area (Å²) in [6, 6.07) is 12.9. The second kappa shape index (κ2) is 6.94. The molecule has 1 saturated heterocycles. The zero-order valence-electron chi connectivity index (χ0n) is 12.2. The van der Waals surface area contributed by atoms with Gasteiger partial charge in [-0.3, -0.25) is 0 Å². The lowest BCUT2D eigenvalue weighted by atomic mass is 10.1. The van der Waals surface area contributed by atoms with Crippen LogP contribution < -0.4 is 0 Å². The Balaban J connectivity index is 1.89. The molecule has 0 bridgehead atoms. The third kappa shape index (κ3) is 3.97. The van der Waals surface area contributed by atoms with Gasteiger partial charge in [-0.05, 0) is 48.0 Å². The molecule has 0 saturated carbocycles. The van der Waals surface area contributed by atoms with Crippen molar-refractivity contribution in [3.8, 4) is 0 Å².